The third-order valence-electron chi connectivity index (χ3n) is 4.01. The van der Waals surface area contributed by atoms with E-state index in [4.69, 9.17) is 9.26 Å². The first kappa shape index (κ1) is 16.5. The molecule has 0 fully saturated rings. The first-order chi connectivity index (χ1) is 12.8. The molecule has 2 aromatic carbocycles. The van der Waals surface area contributed by atoms with Crippen molar-refractivity contribution >= 4 is 11.3 Å². The van der Waals surface area contributed by atoms with E-state index in [9.17, 15) is 0 Å². The van der Waals surface area contributed by atoms with E-state index in [1.54, 1.807) is 18.4 Å². The molecule has 0 aliphatic heterocycles. The highest BCUT2D eigenvalue weighted by Crippen LogP contribution is 2.28. The van der Waals surface area contributed by atoms with E-state index in [1.165, 1.54) is 0 Å². The van der Waals surface area contributed by atoms with E-state index < -0.39 is 0 Å². The van der Waals surface area contributed by atoms with Gasteiger partial charge < -0.3 is 9.26 Å². The molecule has 0 unspecified atom stereocenters. The fraction of sp³-hybridized carbons (Fsp3) is 0.150. The van der Waals surface area contributed by atoms with Gasteiger partial charge in [-0.2, -0.15) is 4.98 Å². The Balaban J connectivity index is 1.66. The van der Waals surface area contributed by atoms with Crippen LogP contribution < -0.4 is 4.74 Å². The molecule has 0 saturated heterocycles. The van der Waals surface area contributed by atoms with Gasteiger partial charge in [-0.3, -0.25) is 0 Å². The van der Waals surface area contributed by atoms with Crippen molar-refractivity contribution < 1.29 is 9.26 Å². The molecule has 0 aliphatic rings. The van der Waals surface area contributed by atoms with Crippen LogP contribution in [0.25, 0.3) is 34.1 Å². The molecule has 0 aliphatic carbocycles. The summed E-state index contributed by atoms with van der Waals surface area (Å²) in [6.45, 7) is 2.11. The Labute approximate surface area is 155 Å². The molecular weight excluding hydrogens is 346 g/mol. The van der Waals surface area contributed by atoms with Crippen molar-refractivity contribution in [3.63, 3.8) is 0 Å². The lowest BCUT2D eigenvalue weighted by Crippen LogP contribution is -1.85. The van der Waals surface area contributed by atoms with Gasteiger partial charge in [-0.05, 0) is 30.7 Å². The quantitative estimate of drug-likeness (QED) is 0.494. The van der Waals surface area contributed by atoms with Crippen LogP contribution in [-0.4, -0.2) is 22.2 Å². The topological polar surface area (TPSA) is 61.0 Å². The predicted molar refractivity (Wildman–Crippen MR) is 102 cm³/mol. The zero-order valence-electron chi connectivity index (χ0n) is 14.5. The van der Waals surface area contributed by atoms with Crippen LogP contribution in [0.2, 0.25) is 0 Å². The Morgan fingerprint density at radius 1 is 1.00 bits per heavy atom. The monoisotopic (exact) mass is 363 g/mol. The highest BCUT2D eigenvalue weighted by molar-refractivity contribution is 7.09. The summed E-state index contributed by atoms with van der Waals surface area (Å²) in [6.07, 6.45) is 0.944. The summed E-state index contributed by atoms with van der Waals surface area (Å²) in [5.41, 5.74) is 3.74. The summed E-state index contributed by atoms with van der Waals surface area (Å²) in [6, 6.07) is 15.6. The summed E-state index contributed by atoms with van der Waals surface area (Å²) >= 11 is 1.68. The van der Waals surface area contributed by atoms with E-state index >= 15 is 0 Å². The second-order valence-electron chi connectivity index (χ2n) is 5.72. The zero-order valence-corrected chi connectivity index (χ0v) is 15.3. The van der Waals surface area contributed by atoms with E-state index in [2.05, 4.69) is 27.4 Å². The maximum absolute atomic E-state index is 5.44. The Kier molecular flexibility index (Phi) is 4.50. The van der Waals surface area contributed by atoms with Crippen molar-refractivity contribution in [2.75, 3.05) is 7.11 Å². The lowest BCUT2D eigenvalue weighted by atomic mass is 10.1. The lowest BCUT2D eigenvalue weighted by molar-refractivity contribution is 0.413. The summed E-state index contributed by atoms with van der Waals surface area (Å²) in [7, 11) is 1.63. The molecule has 26 heavy (non-hydrogen) atoms. The number of benzene rings is 2. The van der Waals surface area contributed by atoms with Crippen LogP contribution in [0.1, 0.15) is 11.9 Å². The molecule has 130 valence electrons. The van der Waals surface area contributed by atoms with E-state index in [-0.39, 0.29) is 0 Å². The van der Waals surface area contributed by atoms with Gasteiger partial charge in [0.1, 0.15) is 5.75 Å². The second-order valence-corrected chi connectivity index (χ2v) is 6.66. The van der Waals surface area contributed by atoms with Gasteiger partial charge in [-0.15, -0.1) is 11.3 Å². The number of aryl methyl sites for hydroxylation is 1. The molecule has 2 aromatic heterocycles. The molecule has 5 nitrogen and oxygen atoms in total. The smallest absolute Gasteiger partial charge is 0.258 e. The molecule has 4 aromatic rings. The number of hydrogen-bond donors (Lipinski definition) is 0. The minimum atomic E-state index is 0.464. The third-order valence-corrected chi connectivity index (χ3v) is 5.01. The van der Waals surface area contributed by atoms with E-state index in [0.717, 1.165) is 39.6 Å². The Morgan fingerprint density at radius 3 is 2.62 bits per heavy atom. The van der Waals surface area contributed by atoms with Gasteiger partial charge >= 0.3 is 0 Å². The summed E-state index contributed by atoms with van der Waals surface area (Å²) in [5, 5.41) is 7.34. The van der Waals surface area contributed by atoms with Gasteiger partial charge in [-0.25, -0.2) is 4.98 Å². The van der Waals surface area contributed by atoms with Gasteiger partial charge in [-0.1, -0.05) is 36.3 Å². The average molecular weight is 363 g/mol. The maximum Gasteiger partial charge on any atom is 0.258 e. The molecule has 6 heteroatoms. The van der Waals surface area contributed by atoms with Crippen LogP contribution in [0.3, 0.4) is 0 Å². The van der Waals surface area contributed by atoms with Crippen LogP contribution >= 0.6 is 11.3 Å². The molecule has 0 spiro atoms. The second kappa shape index (κ2) is 7.09. The fourth-order valence-electron chi connectivity index (χ4n) is 2.64. The summed E-state index contributed by atoms with van der Waals surface area (Å²) < 4.78 is 10.7. The van der Waals surface area contributed by atoms with Gasteiger partial charge in [0.2, 0.25) is 5.82 Å². The number of aromatic nitrogens is 3. The molecule has 4 rings (SSSR count). The predicted octanol–water partition coefficient (Wildman–Crippen LogP) is 5.10. The van der Waals surface area contributed by atoms with Gasteiger partial charge in [0.15, 0.2) is 0 Å². The number of hydrogen-bond acceptors (Lipinski definition) is 6. The molecule has 0 radical (unpaired) electrons. The molecule has 0 atom stereocenters. The molecule has 2 heterocycles. The van der Waals surface area contributed by atoms with Gasteiger partial charge in [0.05, 0.1) is 17.8 Å². The zero-order chi connectivity index (χ0) is 17.9. The van der Waals surface area contributed by atoms with Crippen molar-refractivity contribution in [2.24, 2.45) is 0 Å². The van der Waals surface area contributed by atoms with Crippen molar-refractivity contribution in [1.82, 2.24) is 15.1 Å². The highest BCUT2D eigenvalue weighted by atomic mass is 32.1. The van der Waals surface area contributed by atoms with Gasteiger partial charge in [0.25, 0.3) is 5.89 Å². The fourth-order valence-corrected chi connectivity index (χ4v) is 3.39. The van der Waals surface area contributed by atoms with Crippen LogP contribution in [0.5, 0.6) is 5.75 Å². The van der Waals surface area contributed by atoms with E-state index in [1.807, 2.05) is 48.5 Å². The number of methoxy groups -OCH3 is 1. The van der Waals surface area contributed by atoms with E-state index in [0.29, 0.717) is 11.7 Å². The highest BCUT2D eigenvalue weighted by Gasteiger charge is 2.12. The molecule has 0 bridgehead atoms. The van der Waals surface area contributed by atoms with Crippen LogP contribution in [-0.2, 0) is 6.42 Å². The van der Waals surface area contributed by atoms with Crippen molar-refractivity contribution in [3.8, 4) is 39.8 Å². The SMILES string of the molecule is CCc1nc(-c2cccc(-c3noc(-c4cccc(OC)c4)n3)c2)cs1. The largest absolute Gasteiger partial charge is 0.497 e. The number of ether oxygens (including phenoxy) is 1. The number of rotatable bonds is 5. The normalized spacial score (nSPS) is 10.8. The van der Waals surface area contributed by atoms with Crippen molar-refractivity contribution in [1.29, 1.82) is 0 Å². The number of nitrogens with zero attached hydrogens (tertiary/aromatic N) is 3. The summed E-state index contributed by atoms with van der Waals surface area (Å²) in [5.74, 6) is 1.77. The van der Waals surface area contributed by atoms with Crippen molar-refractivity contribution in [3.05, 3.63) is 58.9 Å². The Hall–Kier alpha value is -2.99. The number of thiazole rings is 1. The standard InChI is InChI=1S/C20H17N3O2S/c1-3-18-21-17(12-26-18)13-6-4-7-14(10-13)19-22-20(25-23-19)15-8-5-9-16(11-15)24-2/h4-12H,3H2,1-2H3. The van der Waals surface area contributed by atoms with Crippen LogP contribution in [0.15, 0.2) is 58.4 Å². The minimum Gasteiger partial charge on any atom is -0.497 e. The average Bonchev–Trinajstić information content (AvgIpc) is 3.38. The van der Waals surface area contributed by atoms with Gasteiger partial charge in [0, 0.05) is 22.1 Å². The Bertz CT molecular complexity index is 1040. The third kappa shape index (κ3) is 3.23. The summed E-state index contributed by atoms with van der Waals surface area (Å²) in [4.78, 5) is 9.18. The first-order valence-corrected chi connectivity index (χ1v) is 9.18. The first-order valence-electron chi connectivity index (χ1n) is 8.30. The molecular formula is C20H17N3O2S. The minimum absolute atomic E-state index is 0.464. The maximum atomic E-state index is 5.44. The Morgan fingerprint density at radius 2 is 1.81 bits per heavy atom. The lowest BCUT2D eigenvalue weighted by Gasteiger charge is -2.00. The van der Waals surface area contributed by atoms with Crippen LogP contribution in [0, 0.1) is 0 Å². The molecule has 0 N–H and O–H groups in total. The van der Waals surface area contributed by atoms with Crippen LogP contribution in [0.4, 0.5) is 0 Å². The molecule has 0 amide bonds. The van der Waals surface area contributed by atoms with Crippen molar-refractivity contribution in [2.45, 2.75) is 13.3 Å². The molecule has 0 saturated carbocycles.